The van der Waals surface area contributed by atoms with E-state index in [1.54, 1.807) is 48.5 Å². The molecule has 0 heterocycles. The molecular weight excluding hydrogens is 312 g/mol. The van der Waals surface area contributed by atoms with Gasteiger partial charge in [-0.1, -0.05) is 36.4 Å². The number of hydrogen-bond donors (Lipinski definition) is 2. The lowest BCUT2D eigenvalue weighted by Crippen LogP contribution is -2.20. The third kappa shape index (κ3) is 4.69. The largest absolute Gasteiger partial charge is 0.348 e. The molecule has 2 N–H and O–H groups in total. The van der Waals surface area contributed by atoms with Crippen molar-refractivity contribution in [2.75, 3.05) is 4.72 Å². The number of sulfonamides is 1. The Morgan fingerprint density at radius 2 is 1.87 bits per heavy atom. The summed E-state index contributed by atoms with van der Waals surface area (Å²) in [5.41, 5.74) is 2.21. The van der Waals surface area contributed by atoms with E-state index in [-0.39, 0.29) is 10.8 Å². The van der Waals surface area contributed by atoms with Crippen LogP contribution in [0.3, 0.4) is 0 Å². The predicted octanol–water partition coefficient (Wildman–Crippen LogP) is 2.60. The van der Waals surface area contributed by atoms with Crippen LogP contribution in [0.2, 0.25) is 0 Å². The van der Waals surface area contributed by atoms with E-state index < -0.39 is 10.0 Å². The number of benzene rings is 2. The molecule has 2 aromatic carbocycles. The standard InChI is InChI=1S/C17H18N2O3S/c1-3-17(20)18-12-14-5-4-6-15(11-14)19-23(21,22)16-9-7-13(2)8-10-16/h3-11,19H,1,12H2,2H3,(H,18,20). The second-order valence-electron chi connectivity index (χ2n) is 5.04. The van der Waals surface area contributed by atoms with E-state index in [2.05, 4.69) is 16.6 Å². The van der Waals surface area contributed by atoms with Crippen LogP contribution >= 0.6 is 0 Å². The molecule has 120 valence electrons. The van der Waals surface area contributed by atoms with Crippen molar-refractivity contribution in [1.29, 1.82) is 0 Å². The summed E-state index contributed by atoms with van der Waals surface area (Å²) in [7, 11) is -3.64. The molecule has 5 nitrogen and oxygen atoms in total. The maximum atomic E-state index is 12.3. The summed E-state index contributed by atoms with van der Waals surface area (Å²) in [6.07, 6.45) is 1.18. The molecule has 1 amide bonds. The molecule has 0 saturated heterocycles. The van der Waals surface area contributed by atoms with E-state index in [4.69, 9.17) is 0 Å². The Labute approximate surface area is 136 Å². The fourth-order valence-corrected chi connectivity index (χ4v) is 2.99. The van der Waals surface area contributed by atoms with E-state index in [1.165, 1.54) is 6.08 Å². The topological polar surface area (TPSA) is 75.3 Å². The highest BCUT2D eigenvalue weighted by molar-refractivity contribution is 7.92. The molecule has 23 heavy (non-hydrogen) atoms. The van der Waals surface area contributed by atoms with Crippen LogP contribution in [-0.4, -0.2) is 14.3 Å². The molecule has 0 aliphatic carbocycles. The maximum absolute atomic E-state index is 12.3. The Kier molecular flexibility index (Phi) is 5.18. The van der Waals surface area contributed by atoms with Crippen LogP contribution < -0.4 is 10.0 Å². The molecule has 0 aromatic heterocycles. The Balaban J connectivity index is 2.14. The van der Waals surface area contributed by atoms with Crippen molar-refractivity contribution >= 4 is 21.6 Å². The summed E-state index contributed by atoms with van der Waals surface area (Å²) in [6, 6.07) is 13.5. The first-order chi connectivity index (χ1) is 10.9. The highest BCUT2D eigenvalue weighted by Gasteiger charge is 2.13. The summed E-state index contributed by atoms with van der Waals surface area (Å²) in [6.45, 7) is 5.57. The summed E-state index contributed by atoms with van der Waals surface area (Å²) in [4.78, 5) is 11.4. The molecule has 0 saturated carbocycles. The van der Waals surface area contributed by atoms with Gasteiger partial charge in [0.2, 0.25) is 5.91 Å². The first-order valence-corrected chi connectivity index (χ1v) is 8.48. The van der Waals surface area contributed by atoms with E-state index in [0.29, 0.717) is 12.2 Å². The van der Waals surface area contributed by atoms with Crippen molar-refractivity contribution in [1.82, 2.24) is 5.32 Å². The Morgan fingerprint density at radius 1 is 1.17 bits per heavy atom. The van der Waals surface area contributed by atoms with Gasteiger partial charge in [-0.15, -0.1) is 0 Å². The van der Waals surface area contributed by atoms with E-state index in [0.717, 1.165) is 11.1 Å². The minimum absolute atomic E-state index is 0.202. The zero-order chi connectivity index (χ0) is 16.9. The first-order valence-electron chi connectivity index (χ1n) is 6.99. The van der Waals surface area contributed by atoms with Crippen LogP contribution in [0.25, 0.3) is 0 Å². The monoisotopic (exact) mass is 330 g/mol. The number of carbonyl (C=O) groups is 1. The number of hydrogen-bond acceptors (Lipinski definition) is 3. The van der Waals surface area contributed by atoms with E-state index in [9.17, 15) is 13.2 Å². The molecular formula is C17H18N2O3S. The number of anilines is 1. The van der Waals surface area contributed by atoms with Crippen LogP contribution in [-0.2, 0) is 21.4 Å². The summed E-state index contributed by atoms with van der Waals surface area (Å²) < 4.78 is 27.2. The van der Waals surface area contributed by atoms with Gasteiger partial charge in [-0.25, -0.2) is 8.42 Å². The lowest BCUT2D eigenvalue weighted by molar-refractivity contribution is -0.116. The first kappa shape index (κ1) is 16.8. The highest BCUT2D eigenvalue weighted by Crippen LogP contribution is 2.17. The van der Waals surface area contributed by atoms with Crippen LogP contribution in [0.15, 0.2) is 66.1 Å². The second kappa shape index (κ2) is 7.11. The minimum atomic E-state index is -3.64. The van der Waals surface area contributed by atoms with Gasteiger partial charge < -0.3 is 5.32 Å². The quantitative estimate of drug-likeness (QED) is 0.800. The van der Waals surface area contributed by atoms with Gasteiger partial charge in [0.25, 0.3) is 10.0 Å². The molecule has 6 heteroatoms. The fourth-order valence-electron chi connectivity index (χ4n) is 1.94. The second-order valence-corrected chi connectivity index (χ2v) is 6.72. The Hall–Kier alpha value is -2.60. The third-order valence-electron chi connectivity index (χ3n) is 3.16. The summed E-state index contributed by atoms with van der Waals surface area (Å²) in [5.74, 6) is -0.282. The highest BCUT2D eigenvalue weighted by atomic mass is 32.2. The smallest absolute Gasteiger partial charge is 0.261 e. The number of amides is 1. The van der Waals surface area contributed by atoms with Gasteiger partial charge in [0.05, 0.1) is 4.90 Å². The number of carbonyl (C=O) groups excluding carboxylic acids is 1. The summed E-state index contributed by atoms with van der Waals surface area (Å²) >= 11 is 0. The molecule has 2 rings (SSSR count). The van der Waals surface area contributed by atoms with E-state index in [1.807, 2.05) is 6.92 Å². The molecule has 0 bridgehead atoms. The normalized spacial score (nSPS) is 10.8. The van der Waals surface area contributed by atoms with Crippen LogP contribution in [0.4, 0.5) is 5.69 Å². The third-order valence-corrected chi connectivity index (χ3v) is 4.56. The van der Waals surface area contributed by atoms with Gasteiger partial charge in [-0.2, -0.15) is 0 Å². The van der Waals surface area contributed by atoms with Crippen molar-refractivity contribution in [3.05, 3.63) is 72.3 Å². The number of aryl methyl sites for hydroxylation is 1. The average molecular weight is 330 g/mol. The van der Waals surface area contributed by atoms with Gasteiger partial charge >= 0.3 is 0 Å². The predicted molar refractivity (Wildman–Crippen MR) is 90.5 cm³/mol. The minimum Gasteiger partial charge on any atom is -0.348 e. The van der Waals surface area contributed by atoms with Gasteiger partial charge in [0.1, 0.15) is 0 Å². The molecule has 0 radical (unpaired) electrons. The Bertz CT molecular complexity index is 812. The fraction of sp³-hybridized carbons (Fsp3) is 0.118. The van der Waals surface area contributed by atoms with Gasteiger partial charge in [0, 0.05) is 12.2 Å². The zero-order valence-electron chi connectivity index (χ0n) is 12.7. The van der Waals surface area contributed by atoms with Crippen LogP contribution in [0.1, 0.15) is 11.1 Å². The molecule has 0 spiro atoms. The van der Waals surface area contributed by atoms with Gasteiger partial charge in [-0.05, 0) is 42.8 Å². The Morgan fingerprint density at radius 3 is 2.52 bits per heavy atom. The lowest BCUT2D eigenvalue weighted by atomic mass is 10.2. The number of rotatable bonds is 6. The van der Waals surface area contributed by atoms with Crippen molar-refractivity contribution < 1.29 is 13.2 Å². The van der Waals surface area contributed by atoms with E-state index >= 15 is 0 Å². The lowest BCUT2D eigenvalue weighted by Gasteiger charge is -2.10. The summed E-state index contributed by atoms with van der Waals surface area (Å²) in [5, 5.41) is 2.64. The molecule has 2 aromatic rings. The van der Waals surface area contributed by atoms with Crippen molar-refractivity contribution in [2.45, 2.75) is 18.4 Å². The number of nitrogens with one attached hydrogen (secondary N) is 2. The van der Waals surface area contributed by atoms with Gasteiger partial charge in [0.15, 0.2) is 0 Å². The van der Waals surface area contributed by atoms with Crippen LogP contribution in [0, 0.1) is 6.92 Å². The van der Waals surface area contributed by atoms with Gasteiger partial charge in [-0.3, -0.25) is 9.52 Å². The van der Waals surface area contributed by atoms with Crippen LogP contribution in [0.5, 0.6) is 0 Å². The van der Waals surface area contributed by atoms with Crippen molar-refractivity contribution in [2.24, 2.45) is 0 Å². The SMILES string of the molecule is C=CC(=O)NCc1cccc(NS(=O)(=O)c2ccc(C)cc2)c1. The molecule has 0 unspecified atom stereocenters. The zero-order valence-corrected chi connectivity index (χ0v) is 13.6. The van der Waals surface area contributed by atoms with Crippen molar-refractivity contribution in [3.63, 3.8) is 0 Å². The molecule has 0 atom stereocenters. The van der Waals surface area contributed by atoms with Crippen molar-refractivity contribution in [3.8, 4) is 0 Å². The molecule has 0 aliphatic heterocycles. The molecule has 0 aliphatic rings. The maximum Gasteiger partial charge on any atom is 0.261 e. The average Bonchev–Trinajstić information content (AvgIpc) is 2.53. The molecule has 0 fully saturated rings.